The Hall–Kier alpha value is -2.36. The van der Waals surface area contributed by atoms with Crippen molar-refractivity contribution in [3.8, 4) is 10.6 Å². The maximum absolute atomic E-state index is 12.9. The summed E-state index contributed by atoms with van der Waals surface area (Å²) in [6, 6.07) is 5.87. The van der Waals surface area contributed by atoms with Crippen molar-refractivity contribution in [2.24, 2.45) is 0 Å². The number of carbonyl (C=O) groups is 1. The molecule has 0 unspecified atom stereocenters. The predicted molar refractivity (Wildman–Crippen MR) is 114 cm³/mol. The smallest absolute Gasteiger partial charge is 0.230 e. The van der Waals surface area contributed by atoms with Crippen LogP contribution in [0.3, 0.4) is 0 Å². The van der Waals surface area contributed by atoms with Gasteiger partial charge in [0.1, 0.15) is 25.7 Å². The van der Waals surface area contributed by atoms with Crippen LogP contribution in [0.4, 0.5) is 5.95 Å². The van der Waals surface area contributed by atoms with Crippen molar-refractivity contribution < 1.29 is 9.53 Å². The van der Waals surface area contributed by atoms with Crippen LogP contribution in [-0.4, -0.2) is 78.3 Å². The molecule has 11 heteroatoms. The molecule has 28 heavy (non-hydrogen) atoms. The maximum atomic E-state index is 12.9. The summed E-state index contributed by atoms with van der Waals surface area (Å²) in [5.74, 6) is 0.161. The zero-order chi connectivity index (χ0) is 19.7. The standard InChI is InChI=1S/C17H20B2N6O2S/c1-10-23-24-14(28-10)11-2-3-12-9-20-16(21-13(12)8-11)22-15(26)17(18,19)25-4-6-27-7-5-25/h2-3,8-9H,4-7,18-19H2,1H3,(H,20,21,22,26). The average Bonchev–Trinajstić information content (AvgIpc) is 3.14. The normalized spacial score (nSPS) is 15.6. The molecule has 142 valence electrons. The molecule has 1 fully saturated rings. The molecule has 1 aromatic carbocycles. The molecular formula is C17H20B2N6O2S. The van der Waals surface area contributed by atoms with Gasteiger partial charge in [0.15, 0.2) is 0 Å². The second kappa shape index (κ2) is 7.57. The molecule has 8 nitrogen and oxygen atoms in total. The highest BCUT2D eigenvalue weighted by molar-refractivity contribution is 7.14. The van der Waals surface area contributed by atoms with E-state index in [1.165, 1.54) is 11.3 Å². The van der Waals surface area contributed by atoms with Crippen LogP contribution in [0.25, 0.3) is 21.5 Å². The zero-order valence-corrected chi connectivity index (χ0v) is 16.9. The Balaban J connectivity index is 1.57. The number of nitrogens with one attached hydrogen (secondary N) is 1. The first-order valence-electron chi connectivity index (χ1n) is 9.15. The lowest BCUT2D eigenvalue weighted by Crippen LogP contribution is -2.61. The first kappa shape index (κ1) is 19.0. The van der Waals surface area contributed by atoms with Crippen molar-refractivity contribution in [3.63, 3.8) is 0 Å². The Morgan fingerprint density at radius 3 is 2.79 bits per heavy atom. The molecule has 1 amide bonds. The lowest BCUT2D eigenvalue weighted by Gasteiger charge is -2.39. The Labute approximate surface area is 168 Å². The molecule has 3 heterocycles. The van der Waals surface area contributed by atoms with Crippen molar-refractivity contribution in [1.82, 2.24) is 25.1 Å². The molecule has 4 rings (SSSR count). The van der Waals surface area contributed by atoms with E-state index in [-0.39, 0.29) is 5.91 Å². The largest absolute Gasteiger partial charge is 0.379 e. The fraction of sp³-hybridized carbons (Fsp3) is 0.353. The molecule has 1 aliphatic rings. The van der Waals surface area contributed by atoms with Crippen molar-refractivity contribution in [3.05, 3.63) is 29.4 Å². The number of aryl methyl sites for hydroxylation is 1. The van der Waals surface area contributed by atoms with Gasteiger partial charge in [0.25, 0.3) is 0 Å². The summed E-state index contributed by atoms with van der Waals surface area (Å²) in [6.07, 6.45) is 1.72. The Morgan fingerprint density at radius 2 is 2.07 bits per heavy atom. The third-order valence-electron chi connectivity index (χ3n) is 4.94. The minimum absolute atomic E-state index is 0.135. The van der Waals surface area contributed by atoms with Crippen LogP contribution in [0, 0.1) is 6.92 Å². The maximum Gasteiger partial charge on any atom is 0.230 e. The molecule has 1 saturated heterocycles. The van der Waals surface area contributed by atoms with Crippen molar-refractivity contribution >= 4 is 49.8 Å². The van der Waals surface area contributed by atoms with E-state index < -0.39 is 5.34 Å². The summed E-state index contributed by atoms with van der Waals surface area (Å²) in [5.41, 5.74) is 1.70. The summed E-state index contributed by atoms with van der Waals surface area (Å²) in [7, 11) is 3.81. The van der Waals surface area contributed by atoms with E-state index in [4.69, 9.17) is 4.74 Å². The van der Waals surface area contributed by atoms with Gasteiger partial charge in [0, 0.05) is 35.6 Å². The number of hydrogen-bond acceptors (Lipinski definition) is 8. The number of aromatic nitrogens is 4. The van der Waals surface area contributed by atoms with Crippen LogP contribution in [0.5, 0.6) is 0 Å². The van der Waals surface area contributed by atoms with Crippen LogP contribution in [0.1, 0.15) is 5.01 Å². The van der Waals surface area contributed by atoms with E-state index in [9.17, 15) is 4.79 Å². The number of carbonyl (C=O) groups excluding carboxylic acids is 1. The monoisotopic (exact) mass is 394 g/mol. The number of fused-ring (bicyclic) bond motifs is 1. The van der Waals surface area contributed by atoms with Crippen LogP contribution in [-0.2, 0) is 9.53 Å². The molecule has 1 aliphatic heterocycles. The zero-order valence-electron chi connectivity index (χ0n) is 16.1. The summed E-state index contributed by atoms with van der Waals surface area (Å²) in [4.78, 5) is 23.8. The number of ether oxygens (including phenoxy) is 1. The number of morpholine rings is 1. The van der Waals surface area contributed by atoms with Crippen LogP contribution in [0.2, 0.25) is 0 Å². The number of anilines is 1. The lowest BCUT2D eigenvalue weighted by molar-refractivity contribution is -0.121. The van der Waals surface area contributed by atoms with Gasteiger partial charge < -0.3 is 4.74 Å². The van der Waals surface area contributed by atoms with E-state index in [0.29, 0.717) is 19.2 Å². The van der Waals surface area contributed by atoms with Gasteiger partial charge >= 0.3 is 0 Å². The number of amides is 1. The van der Waals surface area contributed by atoms with Gasteiger partial charge in [0.2, 0.25) is 11.9 Å². The summed E-state index contributed by atoms with van der Waals surface area (Å²) in [5, 5.41) is 13.1. The highest BCUT2D eigenvalue weighted by Crippen LogP contribution is 2.26. The van der Waals surface area contributed by atoms with Gasteiger partial charge in [-0.05, 0) is 13.0 Å². The third kappa shape index (κ3) is 3.78. The van der Waals surface area contributed by atoms with Crippen LogP contribution >= 0.6 is 11.3 Å². The summed E-state index contributed by atoms with van der Waals surface area (Å²) in [6.45, 7) is 4.65. The highest BCUT2D eigenvalue weighted by Gasteiger charge is 2.35. The van der Waals surface area contributed by atoms with Gasteiger partial charge in [-0.25, -0.2) is 9.97 Å². The quantitative estimate of drug-likeness (QED) is 0.605. The summed E-state index contributed by atoms with van der Waals surface area (Å²) >= 11 is 1.53. The van der Waals surface area contributed by atoms with E-state index in [1.54, 1.807) is 6.20 Å². The molecular weight excluding hydrogens is 374 g/mol. The summed E-state index contributed by atoms with van der Waals surface area (Å²) < 4.78 is 5.38. The van der Waals surface area contributed by atoms with Gasteiger partial charge in [-0.2, -0.15) is 0 Å². The van der Waals surface area contributed by atoms with E-state index in [1.807, 2.05) is 40.8 Å². The minimum Gasteiger partial charge on any atom is -0.379 e. The SMILES string of the molecule is BC(B)(C(=O)Nc1ncc2ccc(-c3nnc(C)s3)cc2n1)N1CCOCC1. The number of hydrogen-bond donors (Lipinski definition) is 1. The lowest BCUT2D eigenvalue weighted by atomic mass is 9.60. The van der Waals surface area contributed by atoms with E-state index in [0.717, 1.165) is 39.6 Å². The Morgan fingerprint density at radius 1 is 1.29 bits per heavy atom. The van der Waals surface area contributed by atoms with Crippen LogP contribution < -0.4 is 5.32 Å². The molecule has 0 aliphatic carbocycles. The topological polar surface area (TPSA) is 93.1 Å². The molecule has 0 spiro atoms. The van der Waals surface area contributed by atoms with Gasteiger partial charge in [-0.1, -0.05) is 23.5 Å². The van der Waals surface area contributed by atoms with Crippen molar-refractivity contribution in [2.75, 3.05) is 31.6 Å². The Bertz CT molecular complexity index is 1020. The minimum atomic E-state index is -0.673. The molecule has 2 aromatic heterocycles. The van der Waals surface area contributed by atoms with E-state index >= 15 is 0 Å². The second-order valence-corrected chi connectivity index (χ2v) is 8.39. The molecule has 0 atom stereocenters. The highest BCUT2D eigenvalue weighted by atomic mass is 32.1. The fourth-order valence-electron chi connectivity index (χ4n) is 3.15. The van der Waals surface area contributed by atoms with Crippen LogP contribution in [0.15, 0.2) is 24.4 Å². The average molecular weight is 394 g/mol. The molecule has 0 radical (unpaired) electrons. The molecule has 1 N–H and O–H groups in total. The molecule has 0 saturated carbocycles. The first-order valence-corrected chi connectivity index (χ1v) is 9.97. The number of nitrogens with zero attached hydrogens (tertiary/aromatic N) is 5. The number of benzene rings is 1. The first-order chi connectivity index (χ1) is 13.4. The number of rotatable bonds is 4. The molecule has 0 bridgehead atoms. The second-order valence-electron chi connectivity index (χ2n) is 7.21. The van der Waals surface area contributed by atoms with Gasteiger partial charge in [-0.15, -0.1) is 10.2 Å². The van der Waals surface area contributed by atoms with Gasteiger partial charge in [-0.3, -0.25) is 15.0 Å². The van der Waals surface area contributed by atoms with Gasteiger partial charge in [0.05, 0.1) is 18.7 Å². The van der Waals surface area contributed by atoms with Crippen molar-refractivity contribution in [1.29, 1.82) is 0 Å². The Kier molecular flexibility index (Phi) is 5.13. The molecule has 3 aromatic rings. The fourth-order valence-corrected chi connectivity index (χ4v) is 3.84. The predicted octanol–water partition coefficient (Wildman–Crippen LogP) is -0.353. The van der Waals surface area contributed by atoms with Crippen molar-refractivity contribution in [2.45, 2.75) is 12.3 Å². The third-order valence-corrected chi connectivity index (χ3v) is 5.83. The van der Waals surface area contributed by atoms with E-state index in [2.05, 4.69) is 30.4 Å².